The zero-order chi connectivity index (χ0) is 24.8. The van der Waals surface area contributed by atoms with Gasteiger partial charge in [0.1, 0.15) is 12.7 Å². The molecular formula is C25H26Cl2N4O3S. The van der Waals surface area contributed by atoms with Gasteiger partial charge in [-0.3, -0.25) is 4.90 Å². The maximum Gasteiger partial charge on any atom is 0.208 e. The SMILES string of the molecule is CS(=O)(=O)NC1CC2(C1)CN(Cc1ccc3c(ccn3-c3cc(Cl)c(OCCCl)c(C#N)c3)c1)C2. The second kappa shape index (κ2) is 9.30. The van der Waals surface area contributed by atoms with Gasteiger partial charge in [0.15, 0.2) is 5.75 Å². The lowest BCUT2D eigenvalue weighted by Crippen LogP contribution is -2.65. The van der Waals surface area contributed by atoms with E-state index in [1.54, 1.807) is 12.1 Å². The molecular weight excluding hydrogens is 507 g/mol. The van der Waals surface area contributed by atoms with E-state index in [4.69, 9.17) is 27.9 Å². The first kappa shape index (κ1) is 24.4. The molecule has 184 valence electrons. The van der Waals surface area contributed by atoms with Gasteiger partial charge in [-0.1, -0.05) is 17.7 Å². The Labute approximate surface area is 215 Å². The number of nitriles is 1. The lowest BCUT2D eigenvalue weighted by Gasteiger charge is -2.59. The number of nitrogens with zero attached hydrogens (tertiary/aromatic N) is 3. The van der Waals surface area contributed by atoms with Crippen molar-refractivity contribution in [2.45, 2.75) is 25.4 Å². The summed E-state index contributed by atoms with van der Waals surface area (Å²) in [5.74, 6) is 0.668. The summed E-state index contributed by atoms with van der Waals surface area (Å²) < 4.78 is 33.1. The summed E-state index contributed by atoms with van der Waals surface area (Å²) >= 11 is 12.1. The summed E-state index contributed by atoms with van der Waals surface area (Å²) in [7, 11) is -3.13. The number of nitrogens with one attached hydrogen (secondary N) is 1. The third-order valence-corrected chi connectivity index (χ3v) is 7.97. The fourth-order valence-corrected chi connectivity index (χ4v) is 6.62. The van der Waals surface area contributed by atoms with Crippen LogP contribution in [0.1, 0.15) is 24.0 Å². The van der Waals surface area contributed by atoms with Crippen molar-refractivity contribution >= 4 is 44.1 Å². The predicted octanol–water partition coefficient (Wildman–Crippen LogP) is 4.29. The third-order valence-electron chi connectivity index (χ3n) is 6.77. The number of rotatable bonds is 8. The van der Waals surface area contributed by atoms with Crippen LogP contribution in [-0.4, -0.2) is 55.8 Å². The minimum atomic E-state index is -3.13. The third kappa shape index (κ3) is 5.02. The molecule has 0 radical (unpaired) electrons. The quantitative estimate of drug-likeness (QED) is 0.437. The average Bonchev–Trinajstić information content (AvgIpc) is 3.17. The van der Waals surface area contributed by atoms with Crippen molar-refractivity contribution in [1.29, 1.82) is 5.26 Å². The highest BCUT2D eigenvalue weighted by molar-refractivity contribution is 7.88. The molecule has 0 atom stereocenters. The van der Waals surface area contributed by atoms with Crippen LogP contribution in [0.5, 0.6) is 5.75 Å². The van der Waals surface area contributed by atoms with Crippen LogP contribution in [-0.2, 0) is 16.6 Å². The van der Waals surface area contributed by atoms with Crippen LogP contribution in [0.15, 0.2) is 42.6 Å². The molecule has 35 heavy (non-hydrogen) atoms. The summed E-state index contributed by atoms with van der Waals surface area (Å²) in [5, 5.41) is 11.1. The first-order valence-corrected chi connectivity index (χ1v) is 14.2. The number of aromatic nitrogens is 1. The Morgan fingerprint density at radius 2 is 2.00 bits per heavy atom. The number of benzene rings is 2. The lowest BCUT2D eigenvalue weighted by molar-refractivity contribution is -0.0784. The van der Waals surface area contributed by atoms with E-state index in [1.807, 2.05) is 10.8 Å². The van der Waals surface area contributed by atoms with Gasteiger partial charge in [-0.15, -0.1) is 11.6 Å². The average molecular weight is 533 g/mol. The monoisotopic (exact) mass is 532 g/mol. The molecule has 1 spiro atoms. The van der Waals surface area contributed by atoms with E-state index < -0.39 is 10.0 Å². The van der Waals surface area contributed by atoms with Crippen molar-refractivity contribution in [3.63, 3.8) is 0 Å². The minimum Gasteiger partial charge on any atom is -0.489 e. The van der Waals surface area contributed by atoms with Crippen LogP contribution in [0, 0.1) is 16.7 Å². The fourth-order valence-electron chi connectivity index (χ4n) is 5.51. The summed E-state index contributed by atoms with van der Waals surface area (Å²) in [4.78, 5) is 2.41. The first-order valence-electron chi connectivity index (χ1n) is 11.4. The molecule has 0 unspecified atom stereocenters. The van der Waals surface area contributed by atoms with Gasteiger partial charge in [-0.2, -0.15) is 5.26 Å². The molecule has 1 N–H and O–H groups in total. The van der Waals surface area contributed by atoms with E-state index in [0.717, 1.165) is 49.1 Å². The van der Waals surface area contributed by atoms with Gasteiger partial charge in [-0.25, -0.2) is 13.1 Å². The number of ether oxygens (including phenoxy) is 1. The lowest BCUT2D eigenvalue weighted by atomic mass is 9.61. The molecule has 3 aromatic rings. The highest BCUT2D eigenvalue weighted by Crippen LogP contribution is 2.49. The number of likely N-dealkylation sites (tertiary alicyclic amines) is 1. The van der Waals surface area contributed by atoms with Gasteiger partial charge in [0.25, 0.3) is 0 Å². The molecule has 2 fully saturated rings. The number of hydrogen-bond donors (Lipinski definition) is 1. The molecule has 2 aliphatic rings. The number of halogens is 2. The Morgan fingerprint density at radius 3 is 2.69 bits per heavy atom. The molecule has 7 nitrogen and oxygen atoms in total. The molecule has 0 amide bonds. The minimum absolute atomic E-state index is 0.0827. The second-order valence-electron chi connectivity index (χ2n) is 9.67. The van der Waals surface area contributed by atoms with Gasteiger partial charge in [0.05, 0.1) is 28.2 Å². The van der Waals surface area contributed by atoms with Gasteiger partial charge >= 0.3 is 0 Å². The molecule has 1 aliphatic carbocycles. The van der Waals surface area contributed by atoms with Crippen LogP contribution in [0.2, 0.25) is 5.02 Å². The summed E-state index contributed by atoms with van der Waals surface area (Å²) in [6.45, 7) is 3.15. The molecule has 5 rings (SSSR count). The first-order chi connectivity index (χ1) is 16.7. The number of fused-ring (bicyclic) bond motifs is 1. The Hall–Kier alpha value is -2.28. The molecule has 1 saturated heterocycles. The Bertz CT molecular complexity index is 1420. The van der Waals surface area contributed by atoms with Crippen molar-refractivity contribution in [2.24, 2.45) is 5.41 Å². The van der Waals surface area contributed by atoms with Gasteiger partial charge in [0.2, 0.25) is 10.0 Å². The van der Waals surface area contributed by atoms with E-state index >= 15 is 0 Å². The predicted molar refractivity (Wildman–Crippen MR) is 138 cm³/mol. The molecule has 2 heterocycles. The van der Waals surface area contributed by atoms with E-state index in [-0.39, 0.29) is 18.1 Å². The van der Waals surface area contributed by atoms with Crippen molar-refractivity contribution in [2.75, 3.05) is 31.8 Å². The van der Waals surface area contributed by atoms with Crippen molar-refractivity contribution in [1.82, 2.24) is 14.2 Å². The van der Waals surface area contributed by atoms with Gasteiger partial charge < -0.3 is 9.30 Å². The van der Waals surface area contributed by atoms with Crippen LogP contribution < -0.4 is 9.46 Å². The van der Waals surface area contributed by atoms with Gasteiger partial charge in [0, 0.05) is 42.9 Å². The topological polar surface area (TPSA) is 87.4 Å². The largest absolute Gasteiger partial charge is 0.489 e. The standard InChI is InChI=1S/C25H26Cl2N4O3S/c1-35(32,33)29-20-11-25(12-20)15-30(16-25)14-17-2-3-23-18(8-17)4-6-31(23)21-9-19(13-28)24(22(27)10-21)34-7-5-26/h2-4,6,8-10,20,29H,5,7,11-12,14-16H2,1H3. The van der Waals surface area contributed by atoms with Crippen LogP contribution in [0.25, 0.3) is 16.6 Å². The van der Waals surface area contributed by atoms with E-state index in [2.05, 4.69) is 40.0 Å². The zero-order valence-corrected chi connectivity index (χ0v) is 21.6. The molecule has 1 aromatic heterocycles. The van der Waals surface area contributed by atoms with Gasteiger partial charge in [-0.05, 0) is 54.2 Å². The maximum atomic E-state index is 11.4. The number of alkyl halides is 1. The summed E-state index contributed by atoms with van der Waals surface area (Å²) in [5.41, 5.74) is 3.69. The highest BCUT2D eigenvalue weighted by Gasteiger charge is 2.52. The normalized spacial score (nSPS) is 17.8. The second-order valence-corrected chi connectivity index (χ2v) is 12.2. The van der Waals surface area contributed by atoms with E-state index in [0.29, 0.717) is 22.2 Å². The van der Waals surface area contributed by atoms with Crippen LogP contribution >= 0.6 is 23.2 Å². The molecule has 0 bridgehead atoms. The number of hydrogen-bond acceptors (Lipinski definition) is 5. The molecule has 2 aromatic carbocycles. The van der Waals surface area contributed by atoms with Crippen LogP contribution in [0.3, 0.4) is 0 Å². The molecule has 1 aliphatic heterocycles. The van der Waals surface area contributed by atoms with Crippen LogP contribution in [0.4, 0.5) is 0 Å². The zero-order valence-electron chi connectivity index (χ0n) is 19.3. The maximum absolute atomic E-state index is 11.4. The van der Waals surface area contributed by atoms with Crippen molar-refractivity contribution < 1.29 is 13.2 Å². The smallest absolute Gasteiger partial charge is 0.208 e. The Kier molecular flexibility index (Phi) is 6.49. The molecule has 1 saturated carbocycles. The number of sulfonamides is 1. The van der Waals surface area contributed by atoms with Crippen molar-refractivity contribution in [3.05, 3.63) is 58.7 Å². The van der Waals surface area contributed by atoms with E-state index in [1.165, 1.54) is 11.8 Å². The van der Waals surface area contributed by atoms with Crippen molar-refractivity contribution in [3.8, 4) is 17.5 Å². The molecule has 10 heteroatoms. The Balaban J connectivity index is 1.27. The summed E-state index contributed by atoms with van der Waals surface area (Å²) in [6, 6.07) is 14.3. The Morgan fingerprint density at radius 1 is 1.23 bits per heavy atom. The fraction of sp³-hybridized carbons (Fsp3) is 0.400. The summed E-state index contributed by atoms with van der Waals surface area (Å²) in [6.07, 6.45) is 5.03. The van der Waals surface area contributed by atoms with E-state index in [9.17, 15) is 13.7 Å². The highest BCUT2D eigenvalue weighted by atomic mass is 35.5.